The zero-order valence-corrected chi connectivity index (χ0v) is 15.9. The summed E-state index contributed by atoms with van der Waals surface area (Å²) in [6.45, 7) is 3.36. The summed E-state index contributed by atoms with van der Waals surface area (Å²) in [4.78, 5) is 41.1. The van der Waals surface area contributed by atoms with Gasteiger partial charge in [0, 0.05) is 37.2 Å². The third-order valence-electron chi connectivity index (χ3n) is 6.75. The summed E-state index contributed by atoms with van der Waals surface area (Å²) in [6, 6.07) is 6.62. The molecule has 0 aliphatic carbocycles. The summed E-state index contributed by atoms with van der Waals surface area (Å²) < 4.78 is 0. The Morgan fingerprint density at radius 2 is 2.00 bits per heavy atom. The maximum atomic E-state index is 13.2. The second kappa shape index (κ2) is 6.97. The van der Waals surface area contributed by atoms with Gasteiger partial charge in [-0.1, -0.05) is 18.2 Å². The van der Waals surface area contributed by atoms with Gasteiger partial charge in [0.05, 0.1) is 0 Å². The third kappa shape index (κ3) is 2.93. The van der Waals surface area contributed by atoms with Gasteiger partial charge in [0.25, 0.3) is 5.91 Å². The molecule has 0 radical (unpaired) electrons. The molecule has 4 aliphatic rings. The van der Waals surface area contributed by atoms with Gasteiger partial charge in [0.1, 0.15) is 6.04 Å². The van der Waals surface area contributed by atoms with E-state index in [9.17, 15) is 14.4 Å². The van der Waals surface area contributed by atoms with Crippen molar-refractivity contribution in [2.45, 2.75) is 63.3 Å². The van der Waals surface area contributed by atoms with Crippen LogP contribution in [-0.2, 0) is 22.7 Å². The summed E-state index contributed by atoms with van der Waals surface area (Å²) in [5, 5.41) is 5.98. The van der Waals surface area contributed by atoms with Gasteiger partial charge in [-0.2, -0.15) is 0 Å². The number of hydrogen-bond acceptors (Lipinski definition) is 5. The fourth-order valence-corrected chi connectivity index (χ4v) is 5.40. The molecule has 1 aromatic carbocycles. The first kappa shape index (κ1) is 17.8. The molecule has 5 rings (SSSR count). The minimum absolute atomic E-state index is 0.0711. The highest BCUT2D eigenvalue weighted by molar-refractivity contribution is 6.05. The molecule has 3 saturated heterocycles. The van der Waals surface area contributed by atoms with Crippen LogP contribution in [0.15, 0.2) is 18.2 Å². The summed E-state index contributed by atoms with van der Waals surface area (Å²) in [6.07, 6.45) is 4.26. The highest BCUT2D eigenvalue weighted by Crippen LogP contribution is 2.32. The fourth-order valence-electron chi connectivity index (χ4n) is 5.40. The Kier molecular flexibility index (Phi) is 4.44. The minimum atomic E-state index is -0.552. The van der Waals surface area contributed by atoms with Crippen LogP contribution in [0.2, 0.25) is 0 Å². The highest BCUT2D eigenvalue weighted by Gasteiger charge is 2.41. The first-order valence-corrected chi connectivity index (χ1v) is 10.3. The van der Waals surface area contributed by atoms with E-state index in [0.29, 0.717) is 25.0 Å². The molecule has 0 saturated carbocycles. The van der Waals surface area contributed by atoms with Gasteiger partial charge >= 0.3 is 0 Å². The average molecular weight is 382 g/mol. The smallest absolute Gasteiger partial charge is 0.255 e. The van der Waals surface area contributed by atoms with Crippen molar-refractivity contribution in [3.8, 4) is 0 Å². The van der Waals surface area contributed by atoms with Gasteiger partial charge in [0.15, 0.2) is 0 Å². The molecule has 7 heteroatoms. The van der Waals surface area contributed by atoms with E-state index < -0.39 is 6.04 Å². The predicted octanol–water partition coefficient (Wildman–Crippen LogP) is 0.774. The van der Waals surface area contributed by atoms with Crippen LogP contribution in [0, 0.1) is 0 Å². The number of fused-ring (bicyclic) bond motifs is 2. The molecule has 7 nitrogen and oxygen atoms in total. The molecule has 28 heavy (non-hydrogen) atoms. The lowest BCUT2D eigenvalue weighted by molar-refractivity contribution is -0.136. The maximum absolute atomic E-state index is 13.2. The number of benzene rings is 1. The van der Waals surface area contributed by atoms with Gasteiger partial charge in [-0.05, 0) is 49.9 Å². The molecule has 0 bridgehead atoms. The van der Waals surface area contributed by atoms with Gasteiger partial charge in [0.2, 0.25) is 11.8 Å². The minimum Gasteiger partial charge on any atom is -0.322 e. The number of imide groups is 1. The lowest BCUT2D eigenvalue weighted by atomic mass is 9.95. The highest BCUT2D eigenvalue weighted by atomic mass is 16.2. The molecule has 4 aliphatic heterocycles. The van der Waals surface area contributed by atoms with Gasteiger partial charge in [-0.25, -0.2) is 0 Å². The normalized spacial score (nSPS) is 30.4. The fraction of sp³-hybridized carbons (Fsp3) is 0.571. The van der Waals surface area contributed by atoms with E-state index in [1.165, 1.54) is 12.8 Å². The van der Waals surface area contributed by atoms with Crippen molar-refractivity contribution in [3.63, 3.8) is 0 Å². The first-order valence-electron chi connectivity index (χ1n) is 10.3. The van der Waals surface area contributed by atoms with Crippen LogP contribution in [0.1, 0.15) is 53.6 Å². The summed E-state index contributed by atoms with van der Waals surface area (Å²) in [5.41, 5.74) is 2.82. The van der Waals surface area contributed by atoms with E-state index >= 15 is 0 Å². The monoisotopic (exact) mass is 382 g/mol. The SMILES string of the molecule is O=C1CCC(N2Cc3cccc(CN4CCC[C@@H]5NCC[C@@H]54)c3C2=O)C(=O)N1. The van der Waals surface area contributed by atoms with Crippen LogP contribution < -0.4 is 10.6 Å². The molecule has 1 aromatic rings. The summed E-state index contributed by atoms with van der Waals surface area (Å²) in [7, 11) is 0. The van der Waals surface area contributed by atoms with Crippen LogP contribution in [0.25, 0.3) is 0 Å². The Morgan fingerprint density at radius 3 is 2.86 bits per heavy atom. The van der Waals surface area contributed by atoms with Gasteiger partial charge in [-0.15, -0.1) is 0 Å². The lowest BCUT2D eigenvalue weighted by Crippen LogP contribution is -2.52. The number of hydrogen-bond donors (Lipinski definition) is 2. The van der Waals surface area contributed by atoms with E-state index in [2.05, 4.69) is 21.6 Å². The van der Waals surface area contributed by atoms with Crippen LogP contribution in [-0.4, -0.2) is 58.7 Å². The number of nitrogens with zero attached hydrogens (tertiary/aromatic N) is 2. The Hall–Kier alpha value is -2.25. The maximum Gasteiger partial charge on any atom is 0.255 e. The third-order valence-corrected chi connectivity index (χ3v) is 6.75. The Labute approximate surface area is 164 Å². The van der Waals surface area contributed by atoms with Crippen molar-refractivity contribution >= 4 is 17.7 Å². The van der Waals surface area contributed by atoms with Crippen LogP contribution in [0.4, 0.5) is 0 Å². The van der Waals surface area contributed by atoms with Crippen molar-refractivity contribution in [1.82, 2.24) is 20.4 Å². The van der Waals surface area contributed by atoms with Crippen molar-refractivity contribution in [2.24, 2.45) is 0 Å². The number of amides is 3. The molecule has 0 spiro atoms. The van der Waals surface area contributed by atoms with E-state index in [1.807, 2.05) is 12.1 Å². The van der Waals surface area contributed by atoms with Crippen LogP contribution in [0.3, 0.4) is 0 Å². The molecule has 0 aromatic heterocycles. The molecule has 3 atom stereocenters. The Morgan fingerprint density at radius 1 is 1.11 bits per heavy atom. The zero-order chi connectivity index (χ0) is 19.3. The zero-order valence-electron chi connectivity index (χ0n) is 15.9. The second-order valence-corrected chi connectivity index (χ2v) is 8.38. The number of carbonyl (C=O) groups is 3. The average Bonchev–Trinajstić information content (AvgIpc) is 3.28. The van der Waals surface area contributed by atoms with Crippen LogP contribution in [0.5, 0.6) is 0 Å². The molecule has 3 fully saturated rings. The van der Waals surface area contributed by atoms with E-state index in [0.717, 1.165) is 42.7 Å². The van der Waals surface area contributed by atoms with Crippen molar-refractivity contribution in [1.29, 1.82) is 0 Å². The van der Waals surface area contributed by atoms with Gasteiger partial charge < -0.3 is 10.2 Å². The molecular formula is C21H26N4O3. The summed E-state index contributed by atoms with van der Waals surface area (Å²) >= 11 is 0. The number of carbonyl (C=O) groups excluding carboxylic acids is 3. The standard InChI is InChI=1S/C21H26N4O3/c26-18-7-6-17(20(27)23-18)25-12-14-4-1-3-13(19(14)21(25)28)11-24-10-2-5-15-16(24)8-9-22-15/h1,3-4,15-17,22H,2,5-12H2,(H,23,26,27)/t15-,16-,17?/m0/s1. The quantitative estimate of drug-likeness (QED) is 0.755. The summed E-state index contributed by atoms with van der Waals surface area (Å²) in [5.74, 6) is -0.677. The molecular weight excluding hydrogens is 356 g/mol. The Bertz CT molecular complexity index is 839. The largest absolute Gasteiger partial charge is 0.322 e. The van der Waals surface area contributed by atoms with E-state index in [4.69, 9.17) is 0 Å². The van der Waals surface area contributed by atoms with E-state index in [1.54, 1.807) is 4.90 Å². The Balaban J connectivity index is 1.38. The van der Waals surface area contributed by atoms with Crippen LogP contribution >= 0.6 is 0 Å². The first-order chi connectivity index (χ1) is 13.6. The number of nitrogens with one attached hydrogen (secondary N) is 2. The number of piperidine rings is 2. The molecule has 148 valence electrons. The van der Waals surface area contributed by atoms with Gasteiger partial charge in [-0.3, -0.25) is 24.6 Å². The van der Waals surface area contributed by atoms with Crippen molar-refractivity contribution in [3.05, 3.63) is 34.9 Å². The topological polar surface area (TPSA) is 81.8 Å². The predicted molar refractivity (Wildman–Crippen MR) is 102 cm³/mol. The molecule has 1 unspecified atom stereocenters. The lowest BCUT2D eigenvalue weighted by Gasteiger charge is -2.37. The number of likely N-dealkylation sites (tertiary alicyclic amines) is 1. The molecule has 3 amide bonds. The molecule has 2 N–H and O–H groups in total. The number of rotatable bonds is 3. The molecule has 4 heterocycles. The van der Waals surface area contributed by atoms with Crippen molar-refractivity contribution in [2.75, 3.05) is 13.1 Å². The second-order valence-electron chi connectivity index (χ2n) is 8.38. The van der Waals surface area contributed by atoms with Crippen molar-refractivity contribution < 1.29 is 14.4 Å². The van der Waals surface area contributed by atoms with E-state index in [-0.39, 0.29) is 24.1 Å².